The van der Waals surface area contributed by atoms with Gasteiger partial charge in [0, 0.05) is 31.8 Å². The first kappa shape index (κ1) is 6.55. The van der Waals surface area contributed by atoms with E-state index in [9.17, 15) is 0 Å². The van der Waals surface area contributed by atoms with Crippen LogP contribution in [0.25, 0.3) is 0 Å². The van der Waals surface area contributed by atoms with E-state index in [-0.39, 0.29) is 0 Å². The second kappa shape index (κ2) is 2.35. The Morgan fingerprint density at radius 3 is 2.78 bits per heavy atom. The maximum absolute atomic E-state index is 5.48. The number of hydrogen-bond donors (Lipinski definition) is 1. The summed E-state index contributed by atoms with van der Waals surface area (Å²) < 4.78 is 0. The van der Waals surface area contributed by atoms with E-state index in [2.05, 4.69) is 5.10 Å². The van der Waals surface area contributed by atoms with E-state index in [0.717, 1.165) is 13.1 Å². The largest absolute Gasteiger partial charge is 0.330 e. The molecule has 1 heterocycles. The summed E-state index contributed by atoms with van der Waals surface area (Å²) in [7, 11) is 1.97. The van der Waals surface area contributed by atoms with Crippen LogP contribution >= 0.6 is 0 Å². The zero-order valence-electron chi connectivity index (χ0n) is 5.96. The number of nitrogens with zero attached hydrogens (tertiary/aromatic N) is 2. The van der Waals surface area contributed by atoms with Crippen LogP contribution in [0.4, 0.5) is 0 Å². The highest BCUT2D eigenvalue weighted by atomic mass is 15.5. The molecule has 0 radical (unpaired) electrons. The molecule has 52 valence electrons. The molecule has 1 rings (SSSR count). The fourth-order valence-electron chi connectivity index (χ4n) is 1.09. The molecule has 1 aliphatic rings. The van der Waals surface area contributed by atoms with Crippen molar-refractivity contribution in [2.24, 2.45) is 16.8 Å². The maximum Gasteiger partial charge on any atom is 0.0450 e. The van der Waals surface area contributed by atoms with E-state index < -0.39 is 0 Å². The average Bonchev–Trinajstić information content (AvgIpc) is 2.10. The summed E-state index contributed by atoms with van der Waals surface area (Å²) in [5.41, 5.74) is 6.65. The van der Waals surface area contributed by atoms with Gasteiger partial charge in [0.05, 0.1) is 0 Å². The Morgan fingerprint density at radius 2 is 2.56 bits per heavy atom. The van der Waals surface area contributed by atoms with Crippen LogP contribution in [0.15, 0.2) is 5.10 Å². The minimum absolute atomic E-state index is 0.495. The Morgan fingerprint density at radius 1 is 1.89 bits per heavy atom. The average molecular weight is 127 g/mol. The molecule has 3 heteroatoms. The van der Waals surface area contributed by atoms with Gasteiger partial charge in [-0.05, 0) is 6.92 Å². The molecule has 0 fully saturated rings. The standard InChI is InChI=1S/C6H13N3/c1-5-6(3-7)4-9(2)8-5/h6H,3-4,7H2,1-2H3. The lowest BCUT2D eigenvalue weighted by atomic mass is 10.1. The van der Waals surface area contributed by atoms with Crippen LogP contribution in [-0.4, -0.2) is 30.9 Å². The van der Waals surface area contributed by atoms with E-state index in [1.807, 2.05) is 19.0 Å². The van der Waals surface area contributed by atoms with Crippen molar-refractivity contribution < 1.29 is 0 Å². The van der Waals surface area contributed by atoms with E-state index in [1.165, 1.54) is 5.71 Å². The van der Waals surface area contributed by atoms with E-state index in [1.54, 1.807) is 0 Å². The first-order chi connectivity index (χ1) is 4.24. The second-order valence-electron chi connectivity index (χ2n) is 2.51. The topological polar surface area (TPSA) is 41.6 Å². The summed E-state index contributed by atoms with van der Waals surface area (Å²) in [6, 6.07) is 0. The molecule has 0 saturated heterocycles. The van der Waals surface area contributed by atoms with Crippen molar-refractivity contribution in [3.8, 4) is 0 Å². The Hall–Kier alpha value is -0.570. The zero-order chi connectivity index (χ0) is 6.85. The third-order valence-corrected chi connectivity index (χ3v) is 1.69. The molecular weight excluding hydrogens is 114 g/mol. The summed E-state index contributed by atoms with van der Waals surface area (Å²) in [6.45, 7) is 3.74. The molecule has 0 aromatic carbocycles. The molecule has 1 unspecified atom stereocenters. The van der Waals surface area contributed by atoms with Crippen LogP contribution in [0.1, 0.15) is 6.92 Å². The molecule has 0 aromatic heterocycles. The summed E-state index contributed by atoms with van der Waals surface area (Å²) >= 11 is 0. The highest BCUT2D eigenvalue weighted by Gasteiger charge is 2.18. The van der Waals surface area contributed by atoms with Gasteiger partial charge in [0.2, 0.25) is 0 Å². The summed E-state index contributed by atoms with van der Waals surface area (Å²) in [5.74, 6) is 0.495. The van der Waals surface area contributed by atoms with E-state index >= 15 is 0 Å². The van der Waals surface area contributed by atoms with Gasteiger partial charge in [0.25, 0.3) is 0 Å². The summed E-state index contributed by atoms with van der Waals surface area (Å²) in [4.78, 5) is 0. The number of hydrazone groups is 1. The van der Waals surface area contributed by atoms with Crippen molar-refractivity contribution in [2.75, 3.05) is 20.1 Å². The van der Waals surface area contributed by atoms with Gasteiger partial charge in [-0.3, -0.25) is 5.01 Å². The molecular formula is C6H13N3. The molecule has 3 nitrogen and oxygen atoms in total. The van der Waals surface area contributed by atoms with E-state index in [0.29, 0.717) is 5.92 Å². The fraction of sp³-hybridized carbons (Fsp3) is 0.833. The van der Waals surface area contributed by atoms with Crippen molar-refractivity contribution in [1.82, 2.24) is 5.01 Å². The van der Waals surface area contributed by atoms with E-state index in [4.69, 9.17) is 5.73 Å². The Labute approximate surface area is 55.5 Å². The van der Waals surface area contributed by atoms with Gasteiger partial charge in [-0.15, -0.1) is 0 Å². The highest BCUT2D eigenvalue weighted by Crippen LogP contribution is 2.09. The fourth-order valence-corrected chi connectivity index (χ4v) is 1.09. The van der Waals surface area contributed by atoms with Crippen molar-refractivity contribution in [3.63, 3.8) is 0 Å². The molecule has 0 saturated carbocycles. The summed E-state index contributed by atoms with van der Waals surface area (Å²) in [6.07, 6.45) is 0. The molecule has 1 atom stereocenters. The molecule has 0 aromatic rings. The Balaban J connectivity index is 2.53. The molecule has 0 aliphatic carbocycles. The number of hydrogen-bond acceptors (Lipinski definition) is 3. The number of nitrogens with two attached hydrogens (primary N) is 1. The molecule has 0 amide bonds. The highest BCUT2D eigenvalue weighted by molar-refractivity contribution is 5.85. The van der Waals surface area contributed by atoms with Crippen LogP contribution in [0, 0.1) is 5.92 Å². The van der Waals surface area contributed by atoms with Crippen LogP contribution in [-0.2, 0) is 0 Å². The van der Waals surface area contributed by atoms with Gasteiger partial charge in [-0.2, -0.15) is 5.10 Å². The van der Waals surface area contributed by atoms with Crippen molar-refractivity contribution in [2.45, 2.75) is 6.92 Å². The minimum atomic E-state index is 0.495. The van der Waals surface area contributed by atoms with Crippen LogP contribution < -0.4 is 5.73 Å². The lowest BCUT2D eigenvalue weighted by molar-refractivity contribution is 0.363. The monoisotopic (exact) mass is 127 g/mol. The second-order valence-corrected chi connectivity index (χ2v) is 2.51. The van der Waals surface area contributed by atoms with Gasteiger partial charge in [0.15, 0.2) is 0 Å². The third kappa shape index (κ3) is 1.21. The first-order valence-electron chi connectivity index (χ1n) is 3.20. The van der Waals surface area contributed by atoms with Crippen molar-refractivity contribution in [3.05, 3.63) is 0 Å². The predicted molar refractivity (Wildman–Crippen MR) is 38.3 cm³/mol. The quantitative estimate of drug-likeness (QED) is 0.533. The van der Waals surface area contributed by atoms with Gasteiger partial charge >= 0.3 is 0 Å². The molecule has 2 N–H and O–H groups in total. The molecule has 0 bridgehead atoms. The van der Waals surface area contributed by atoms with Crippen LogP contribution in [0.5, 0.6) is 0 Å². The van der Waals surface area contributed by atoms with Crippen LogP contribution in [0.2, 0.25) is 0 Å². The van der Waals surface area contributed by atoms with Crippen molar-refractivity contribution in [1.29, 1.82) is 0 Å². The summed E-state index contributed by atoms with van der Waals surface area (Å²) in [5, 5.41) is 6.15. The molecule has 9 heavy (non-hydrogen) atoms. The lowest BCUT2D eigenvalue weighted by Crippen LogP contribution is -2.23. The SMILES string of the molecule is CC1=NN(C)CC1CN. The minimum Gasteiger partial charge on any atom is -0.330 e. The zero-order valence-corrected chi connectivity index (χ0v) is 5.96. The van der Waals surface area contributed by atoms with Gasteiger partial charge < -0.3 is 5.73 Å². The normalized spacial score (nSPS) is 26.8. The predicted octanol–water partition coefficient (Wildman–Crippen LogP) is -0.117. The number of rotatable bonds is 1. The first-order valence-corrected chi connectivity index (χ1v) is 3.20. The van der Waals surface area contributed by atoms with Gasteiger partial charge in [-0.25, -0.2) is 0 Å². The lowest BCUT2D eigenvalue weighted by Gasteiger charge is -2.07. The Bertz CT molecular complexity index is 130. The Kier molecular flexibility index (Phi) is 1.71. The van der Waals surface area contributed by atoms with Crippen LogP contribution in [0.3, 0.4) is 0 Å². The van der Waals surface area contributed by atoms with Crippen molar-refractivity contribution >= 4 is 5.71 Å². The third-order valence-electron chi connectivity index (χ3n) is 1.69. The maximum atomic E-state index is 5.48. The van der Waals surface area contributed by atoms with Gasteiger partial charge in [0.1, 0.15) is 0 Å². The smallest absolute Gasteiger partial charge is 0.0450 e. The molecule has 1 aliphatic heterocycles. The molecule has 0 spiro atoms. The van der Waals surface area contributed by atoms with Gasteiger partial charge in [-0.1, -0.05) is 0 Å².